The normalized spacial score (nSPS) is 17.0. The third-order valence-corrected chi connectivity index (χ3v) is 3.64. The molecule has 0 bridgehead atoms. The van der Waals surface area contributed by atoms with Crippen LogP contribution in [-0.2, 0) is 4.79 Å². The number of rotatable bonds is 2. The fourth-order valence-electron chi connectivity index (χ4n) is 1.62. The molecule has 0 saturated carbocycles. The van der Waals surface area contributed by atoms with Crippen LogP contribution in [0.25, 0.3) is 6.08 Å². The summed E-state index contributed by atoms with van der Waals surface area (Å²) in [6, 6.07) is 3.31. The van der Waals surface area contributed by atoms with Crippen LogP contribution in [0.15, 0.2) is 22.3 Å². The molecule has 1 fully saturated rings. The zero-order chi connectivity index (χ0) is 14.2. The number of halogens is 1. The molecule has 1 heterocycles. The van der Waals surface area contributed by atoms with Gasteiger partial charge in [-0.3, -0.25) is 9.69 Å². The predicted molar refractivity (Wildman–Crippen MR) is 78.8 cm³/mol. The molecule has 0 atom stereocenters. The summed E-state index contributed by atoms with van der Waals surface area (Å²) < 4.78 is 5.54. The van der Waals surface area contributed by atoms with Crippen LogP contribution in [0.4, 0.5) is 0 Å². The number of hydrogen-bond donors (Lipinski definition) is 2. The number of amides is 1. The number of nitrogens with zero attached hydrogens (tertiary/aromatic N) is 1. The number of carbonyl (C=O) groups is 1. The van der Waals surface area contributed by atoms with Gasteiger partial charge in [0.2, 0.25) is 0 Å². The van der Waals surface area contributed by atoms with Crippen LogP contribution in [0.1, 0.15) is 5.56 Å². The molecule has 1 aromatic rings. The highest BCUT2D eigenvalue weighted by Gasteiger charge is 2.27. The molecular weight excluding hydrogens is 332 g/mol. The monoisotopic (exact) mass is 342 g/mol. The lowest BCUT2D eigenvalue weighted by molar-refractivity contribution is -0.121. The molecule has 1 amide bonds. The largest absolute Gasteiger partial charge is 0.503 e. The number of thiocarbonyl (C=S) groups is 1. The van der Waals surface area contributed by atoms with Gasteiger partial charge in [-0.25, -0.2) is 0 Å². The van der Waals surface area contributed by atoms with Crippen molar-refractivity contribution in [3.05, 3.63) is 27.9 Å². The summed E-state index contributed by atoms with van der Waals surface area (Å²) in [6.07, 6.45) is 1.64. The summed E-state index contributed by atoms with van der Waals surface area (Å²) in [5.74, 6) is 0.138. The van der Waals surface area contributed by atoms with E-state index in [4.69, 9.17) is 17.0 Å². The fraction of sp³-hybridized carbons (Fsp3) is 0.167. The highest BCUT2D eigenvalue weighted by Crippen LogP contribution is 2.35. The van der Waals surface area contributed by atoms with Crippen molar-refractivity contribution in [1.82, 2.24) is 10.2 Å². The van der Waals surface area contributed by atoms with Gasteiger partial charge >= 0.3 is 0 Å². The topological polar surface area (TPSA) is 61.8 Å². The Kier molecular flexibility index (Phi) is 3.77. The average molecular weight is 343 g/mol. The van der Waals surface area contributed by atoms with Gasteiger partial charge in [0.15, 0.2) is 16.6 Å². The van der Waals surface area contributed by atoms with E-state index in [1.807, 2.05) is 0 Å². The minimum atomic E-state index is -0.201. The maximum atomic E-state index is 11.8. The Balaban J connectivity index is 2.42. The first-order valence-corrected chi connectivity index (χ1v) is 6.51. The van der Waals surface area contributed by atoms with Gasteiger partial charge in [0.25, 0.3) is 5.91 Å². The van der Waals surface area contributed by atoms with Crippen LogP contribution >= 0.6 is 28.1 Å². The van der Waals surface area contributed by atoms with E-state index in [9.17, 15) is 9.90 Å². The van der Waals surface area contributed by atoms with E-state index in [2.05, 4.69) is 21.2 Å². The minimum absolute atomic E-state index is 0.0167. The minimum Gasteiger partial charge on any atom is -0.503 e. The maximum Gasteiger partial charge on any atom is 0.276 e. The van der Waals surface area contributed by atoms with Crippen molar-refractivity contribution in [3.8, 4) is 11.5 Å². The van der Waals surface area contributed by atoms with Crippen molar-refractivity contribution < 1.29 is 14.6 Å². The number of likely N-dealkylation sites (N-methyl/N-ethyl adjacent to an activating group) is 1. The predicted octanol–water partition coefficient (Wildman–Crippen LogP) is 1.85. The Morgan fingerprint density at radius 3 is 2.74 bits per heavy atom. The first-order chi connectivity index (χ1) is 8.93. The maximum absolute atomic E-state index is 11.8. The van der Waals surface area contributed by atoms with Crippen LogP contribution < -0.4 is 10.1 Å². The average Bonchev–Trinajstić information content (AvgIpc) is 2.61. The number of carbonyl (C=O) groups excluding carboxylic acids is 1. The van der Waals surface area contributed by atoms with Crippen LogP contribution in [0.5, 0.6) is 11.5 Å². The summed E-state index contributed by atoms with van der Waals surface area (Å²) >= 11 is 8.21. The lowest BCUT2D eigenvalue weighted by Crippen LogP contribution is -2.25. The van der Waals surface area contributed by atoms with E-state index < -0.39 is 0 Å². The van der Waals surface area contributed by atoms with Gasteiger partial charge in [-0.05, 0) is 51.9 Å². The summed E-state index contributed by atoms with van der Waals surface area (Å²) in [7, 11) is 3.06. The molecule has 5 nitrogen and oxygen atoms in total. The highest BCUT2D eigenvalue weighted by molar-refractivity contribution is 9.10. The van der Waals surface area contributed by atoms with Gasteiger partial charge in [-0.15, -0.1) is 0 Å². The Morgan fingerprint density at radius 2 is 2.21 bits per heavy atom. The molecule has 2 rings (SSSR count). The van der Waals surface area contributed by atoms with Gasteiger partial charge < -0.3 is 15.2 Å². The first-order valence-electron chi connectivity index (χ1n) is 5.31. The number of nitrogens with one attached hydrogen (secondary N) is 1. The van der Waals surface area contributed by atoms with E-state index in [0.29, 0.717) is 26.6 Å². The number of phenols is 1. The van der Waals surface area contributed by atoms with E-state index >= 15 is 0 Å². The Hall–Kier alpha value is -1.60. The van der Waals surface area contributed by atoms with Crippen molar-refractivity contribution in [1.29, 1.82) is 0 Å². The lowest BCUT2D eigenvalue weighted by atomic mass is 10.1. The van der Waals surface area contributed by atoms with Gasteiger partial charge in [0.05, 0.1) is 11.6 Å². The zero-order valence-corrected chi connectivity index (χ0v) is 12.6. The third kappa shape index (κ3) is 2.57. The zero-order valence-electron chi connectivity index (χ0n) is 10.2. The van der Waals surface area contributed by atoms with Gasteiger partial charge in [0.1, 0.15) is 5.70 Å². The van der Waals surface area contributed by atoms with Crippen molar-refractivity contribution in [2.75, 3.05) is 14.2 Å². The van der Waals surface area contributed by atoms with Crippen molar-refractivity contribution in [2.45, 2.75) is 0 Å². The number of benzene rings is 1. The summed E-state index contributed by atoms with van der Waals surface area (Å²) in [5.41, 5.74) is 1.09. The molecule has 0 radical (unpaired) electrons. The number of aromatic hydroxyl groups is 1. The Labute approximate surface area is 124 Å². The van der Waals surface area contributed by atoms with Crippen molar-refractivity contribution in [3.63, 3.8) is 0 Å². The van der Waals surface area contributed by atoms with E-state index in [-0.39, 0.29) is 11.7 Å². The van der Waals surface area contributed by atoms with Gasteiger partial charge in [-0.1, -0.05) is 0 Å². The molecule has 1 aromatic carbocycles. The van der Waals surface area contributed by atoms with Crippen LogP contribution in [-0.4, -0.2) is 35.2 Å². The van der Waals surface area contributed by atoms with Gasteiger partial charge in [0, 0.05) is 7.05 Å². The molecule has 0 unspecified atom stereocenters. The van der Waals surface area contributed by atoms with E-state index in [0.717, 1.165) is 0 Å². The molecule has 0 aliphatic carbocycles. The molecule has 100 valence electrons. The van der Waals surface area contributed by atoms with Crippen LogP contribution in [0.2, 0.25) is 0 Å². The Morgan fingerprint density at radius 1 is 1.53 bits per heavy atom. The smallest absolute Gasteiger partial charge is 0.276 e. The molecule has 1 aliphatic rings. The molecule has 1 aliphatic heterocycles. The molecule has 19 heavy (non-hydrogen) atoms. The SMILES string of the molecule is COc1cc(/C=C2\NC(=S)N(C)C2=O)cc(Br)c1O. The summed E-state index contributed by atoms with van der Waals surface area (Å²) in [5, 5.41) is 12.9. The molecular formula is C12H11BrN2O3S. The second kappa shape index (κ2) is 5.18. The van der Waals surface area contributed by atoms with Crippen molar-refractivity contribution in [2.24, 2.45) is 0 Å². The molecule has 1 saturated heterocycles. The molecule has 7 heteroatoms. The standard InChI is InChI=1S/C12H11BrN2O3S/c1-15-11(17)8(14-12(15)19)4-6-3-7(13)10(16)9(5-6)18-2/h3-5,16H,1-2H3,(H,14,19)/b8-4-. The van der Waals surface area contributed by atoms with Crippen molar-refractivity contribution >= 4 is 45.2 Å². The quantitative estimate of drug-likeness (QED) is 0.634. The number of phenolic OH excluding ortho intramolecular Hbond substituents is 1. The molecule has 2 N–H and O–H groups in total. The second-order valence-electron chi connectivity index (χ2n) is 3.91. The number of methoxy groups -OCH3 is 1. The van der Waals surface area contributed by atoms with Gasteiger partial charge in [-0.2, -0.15) is 0 Å². The fourth-order valence-corrected chi connectivity index (χ4v) is 2.28. The number of hydrogen-bond acceptors (Lipinski definition) is 4. The second-order valence-corrected chi connectivity index (χ2v) is 5.15. The Bertz CT molecular complexity index is 601. The summed E-state index contributed by atoms with van der Waals surface area (Å²) in [4.78, 5) is 13.2. The van der Waals surface area contributed by atoms with E-state index in [1.165, 1.54) is 12.0 Å². The first kappa shape index (κ1) is 13.8. The van der Waals surface area contributed by atoms with E-state index in [1.54, 1.807) is 25.3 Å². The molecule has 0 aromatic heterocycles. The molecule has 0 spiro atoms. The summed E-state index contributed by atoms with van der Waals surface area (Å²) in [6.45, 7) is 0. The number of ether oxygens (including phenoxy) is 1. The highest BCUT2D eigenvalue weighted by atomic mass is 79.9. The van der Waals surface area contributed by atoms with Crippen LogP contribution in [0.3, 0.4) is 0 Å². The van der Waals surface area contributed by atoms with Crippen LogP contribution in [0, 0.1) is 0 Å². The third-order valence-electron chi connectivity index (χ3n) is 2.66. The lowest BCUT2D eigenvalue weighted by Gasteiger charge is -2.07.